The maximum atomic E-state index is 12.3. The molecule has 0 bridgehead atoms. The van der Waals surface area contributed by atoms with Crippen LogP contribution in [-0.2, 0) is 14.4 Å². The number of aliphatic hydroxyl groups is 1. The normalized spacial score (nSPS) is 20.5. The van der Waals surface area contributed by atoms with Gasteiger partial charge in [0.15, 0.2) is 0 Å². The number of aliphatic carboxylic acids is 1. The van der Waals surface area contributed by atoms with Crippen LogP contribution in [0.25, 0.3) is 0 Å². The van der Waals surface area contributed by atoms with Gasteiger partial charge in [0.05, 0.1) is 0 Å². The van der Waals surface area contributed by atoms with E-state index in [0.29, 0.717) is 40.8 Å². The second-order valence-electron chi connectivity index (χ2n) is 5.16. The average molecular weight is 380 g/mol. The molecule has 0 spiro atoms. The predicted octanol–water partition coefficient (Wildman–Crippen LogP) is -1.57. The Bertz CT molecular complexity index is 420. The minimum atomic E-state index is -1.36. The van der Waals surface area contributed by atoms with E-state index in [2.05, 4.69) is 11.1 Å². The van der Waals surface area contributed by atoms with Crippen molar-refractivity contribution in [1.29, 1.82) is 0 Å². The number of carbonyl (C=O) groups excluding carboxylic acids is 2. The van der Waals surface area contributed by atoms with Crippen molar-refractivity contribution in [2.45, 2.75) is 48.5 Å². The molecule has 3 atom stereocenters. The summed E-state index contributed by atoms with van der Waals surface area (Å²) in [6.45, 7) is -0.251. The van der Waals surface area contributed by atoms with Gasteiger partial charge in [-0.25, -0.2) is 0 Å². The minimum absolute atomic E-state index is 0.266. The third kappa shape index (κ3) is 4.94. The second kappa shape index (κ2) is 9.09. The molecule has 0 radical (unpaired) electrons. The van der Waals surface area contributed by atoms with E-state index in [0.717, 1.165) is 5.32 Å². The fraction of sp³-hybridized carbons (Fsp3) is 0.769. The molecular formula is C13H23N3O5Se. The molecule has 8 nitrogen and oxygen atoms in total. The van der Waals surface area contributed by atoms with Crippen LogP contribution in [0.2, 0.25) is 11.1 Å². The van der Waals surface area contributed by atoms with Crippen LogP contribution >= 0.6 is 0 Å². The molecule has 1 aliphatic rings. The van der Waals surface area contributed by atoms with E-state index in [1.54, 1.807) is 0 Å². The molecule has 1 aliphatic heterocycles. The number of nitrogens with two attached hydrogens (primary N) is 1. The summed E-state index contributed by atoms with van der Waals surface area (Å²) in [5.74, 6) is -0.0670. The molecule has 1 heterocycles. The zero-order valence-electron chi connectivity index (χ0n) is 12.5. The van der Waals surface area contributed by atoms with Crippen molar-refractivity contribution >= 4 is 32.7 Å². The van der Waals surface area contributed by atoms with Gasteiger partial charge in [-0.2, -0.15) is 0 Å². The summed E-state index contributed by atoms with van der Waals surface area (Å²) >= 11 is 0.440. The quantitative estimate of drug-likeness (QED) is 0.376. The monoisotopic (exact) mass is 381 g/mol. The van der Waals surface area contributed by atoms with Gasteiger partial charge in [0.2, 0.25) is 0 Å². The predicted molar refractivity (Wildman–Crippen MR) is 80.4 cm³/mol. The van der Waals surface area contributed by atoms with E-state index >= 15 is 0 Å². The summed E-state index contributed by atoms with van der Waals surface area (Å²) in [6, 6.07) is -2.69. The van der Waals surface area contributed by atoms with E-state index in [9.17, 15) is 14.4 Å². The van der Waals surface area contributed by atoms with E-state index in [-0.39, 0.29) is 5.91 Å². The number of hydrogen-bond donors (Lipinski definition) is 4. The summed E-state index contributed by atoms with van der Waals surface area (Å²) in [5, 5.41) is 21.0. The van der Waals surface area contributed by atoms with Crippen LogP contribution in [0, 0.1) is 0 Å². The number of carboxylic acid groups (broad SMARTS) is 1. The standard InChI is InChI=1S/C13H23N3O5Se/c1-22-6-4-8(14)12(19)16-5-2-3-10(16)11(18)15-9(7-17)13(20)21/h8-10,17H,2-7,14H2,1H3,(H,15,18)(H,20,21)/t8-,9-,10-/m0/s1. The topological polar surface area (TPSA) is 133 Å². The van der Waals surface area contributed by atoms with Crippen LogP contribution in [0.4, 0.5) is 0 Å². The molecule has 0 aromatic rings. The third-order valence-corrected chi connectivity index (χ3v) is 4.94. The van der Waals surface area contributed by atoms with Gasteiger partial charge >= 0.3 is 135 Å². The molecule has 9 heteroatoms. The summed E-state index contributed by atoms with van der Waals surface area (Å²) in [7, 11) is 0. The Balaban J connectivity index is 2.67. The zero-order chi connectivity index (χ0) is 16.7. The summed E-state index contributed by atoms with van der Waals surface area (Å²) in [4.78, 5) is 36.7. The van der Waals surface area contributed by atoms with Crippen molar-refractivity contribution < 1.29 is 24.6 Å². The number of hydrogen-bond acceptors (Lipinski definition) is 5. The van der Waals surface area contributed by atoms with Crippen LogP contribution in [0.15, 0.2) is 0 Å². The fourth-order valence-corrected chi connectivity index (χ4v) is 3.37. The van der Waals surface area contributed by atoms with Crippen LogP contribution < -0.4 is 11.1 Å². The van der Waals surface area contributed by atoms with Crippen LogP contribution in [0.5, 0.6) is 0 Å². The zero-order valence-corrected chi connectivity index (χ0v) is 14.2. The van der Waals surface area contributed by atoms with Gasteiger partial charge in [-0.15, -0.1) is 0 Å². The Labute approximate surface area is 135 Å². The molecule has 126 valence electrons. The van der Waals surface area contributed by atoms with Crippen molar-refractivity contribution in [2.24, 2.45) is 5.73 Å². The number of aliphatic hydroxyl groups excluding tert-OH is 1. The maximum absolute atomic E-state index is 12.3. The first-order chi connectivity index (χ1) is 10.4. The van der Waals surface area contributed by atoms with Crippen LogP contribution in [0.3, 0.4) is 0 Å². The number of carboxylic acids is 1. The summed E-state index contributed by atoms with van der Waals surface area (Å²) < 4.78 is 0. The summed E-state index contributed by atoms with van der Waals surface area (Å²) in [5.41, 5.74) is 5.87. The average Bonchev–Trinajstić information content (AvgIpc) is 2.98. The Hall–Kier alpha value is -1.15. The summed E-state index contributed by atoms with van der Waals surface area (Å²) in [6.07, 6.45) is 1.74. The van der Waals surface area contributed by atoms with Crippen molar-refractivity contribution in [2.75, 3.05) is 13.2 Å². The number of carbonyl (C=O) groups is 3. The molecule has 1 rings (SSSR count). The molecule has 1 saturated heterocycles. The van der Waals surface area contributed by atoms with Crippen LogP contribution in [-0.4, -0.2) is 79.1 Å². The molecule has 0 saturated carbocycles. The molecule has 2 amide bonds. The van der Waals surface area contributed by atoms with Gasteiger partial charge < -0.3 is 0 Å². The Morgan fingerprint density at radius 3 is 2.68 bits per heavy atom. The van der Waals surface area contributed by atoms with E-state index in [1.165, 1.54) is 4.90 Å². The fourth-order valence-electron chi connectivity index (χ4n) is 2.34. The number of likely N-dealkylation sites (tertiary alicyclic amines) is 1. The van der Waals surface area contributed by atoms with Crippen LogP contribution in [0.1, 0.15) is 19.3 Å². The number of nitrogens with one attached hydrogen (secondary N) is 1. The molecule has 22 heavy (non-hydrogen) atoms. The van der Waals surface area contributed by atoms with Crippen molar-refractivity contribution in [3.05, 3.63) is 0 Å². The second-order valence-corrected chi connectivity index (χ2v) is 7.23. The first kappa shape index (κ1) is 18.9. The Morgan fingerprint density at radius 1 is 1.45 bits per heavy atom. The van der Waals surface area contributed by atoms with Gasteiger partial charge in [-0.05, 0) is 0 Å². The Kier molecular flexibility index (Phi) is 7.81. The molecular weight excluding hydrogens is 357 g/mol. The first-order valence-corrected chi connectivity index (χ1v) is 10.0. The Morgan fingerprint density at radius 2 is 2.14 bits per heavy atom. The SMILES string of the molecule is C[Se]CC[C@H](N)C(=O)N1CCC[C@H]1C(=O)N[C@@H](CO)C(=O)O. The molecule has 5 N–H and O–H groups in total. The van der Waals surface area contributed by atoms with Crippen molar-refractivity contribution in [3.63, 3.8) is 0 Å². The number of amides is 2. The van der Waals surface area contributed by atoms with Gasteiger partial charge in [-0.1, -0.05) is 0 Å². The van der Waals surface area contributed by atoms with Gasteiger partial charge in [0.1, 0.15) is 0 Å². The first-order valence-electron chi connectivity index (χ1n) is 7.11. The van der Waals surface area contributed by atoms with E-state index in [4.69, 9.17) is 15.9 Å². The molecule has 0 aliphatic carbocycles. The third-order valence-electron chi connectivity index (χ3n) is 3.59. The van der Waals surface area contributed by atoms with E-state index in [1.807, 2.05) is 0 Å². The molecule has 1 fully saturated rings. The van der Waals surface area contributed by atoms with Crippen molar-refractivity contribution in [3.8, 4) is 0 Å². The van der Waals surface area contributed by atoms with Gasteiger partial charge in [-0.3, -0.25) is 0 Å². The molecule has 0 aromatic carbocycles. The van der Waals surface area contributed by atoms with E-state index < -0.39 is 36.6 Å². The van der Waals surface area contributed by atoms with Gasteiger partial charge in [0, 0.05) is 0 Å². The number of nitrogens with zero attached hydrogens (tertiary/aromatic N) is 1. The number of rotatable bonds is 8. The van der Waals surface area contributed by atoms with Crippen molar-refractivity contribution in [1.82, 2.24) is 10.2 Å². The molecule has 0 aromatic heterocycles. The molecule has 0 unspecified atom stereocenters. The van der Waals surface area contributed by atoms with Gasteiger partial charge in [0.25, 0.3) is 0 Å².